The van der Waals surface area contributed by atoms with E-state index in [1.165, 1.54) is 6.08 Å². The van der Waals surface area contributed by atoms with E-state index in [4.69, 9.17) is 5.11 Å². The van der Waals surface area contributed by atoms with E-state index >= 15 is 0 Å². The van der Waals surface area contributed by atoms with Crippen LogP contribution in [0.5, 0.6) is 0 Å². The summed E-state index contributed by atoms with van der Waals surface area (Å²) in [7, 11) is 3.82. The lowest BCUT2D eigenvalue weighted by molar-refractivity contribution is 0.178. The molecule has 2 nitrogen and oxygen atoms in total. The van der Waals surface area contributed by atoms with Crippen LogP contribution >= 0.6 is 0 Å². The molecule has 0 aromatic heterocycles. The van der Waals surface area contributed by atoms with Crippen molar-refractivity contribution in [2.45, 2.75) is 6.10 Å². The number of rotatable bonds is 3. The average Bonchev–Trinajstić information content (AvgIpc) is 1.65. The average molecular weight is 115 g/mol. The Kier molecular flexibility index (Phi) is 3.48. The fourth-order valence-electron chi connectivity index (χ4n) is 0.449. The second kappa shape index (κ2) is 3.64. The number of aliphatic hydroxyl groups is 1. The first-order valence-corrected chi connectivity index (χ1v) is 2.62. The number of nitrogens with zero attached hydrogens (tertiary/aromatic N) is 1. The van der Waals surface area contributed by atoms with E-state index < -0.39 is 0 Å². The molecule has 0 bridgehead atoms. The molecule has 0 radical (unpaired) electrons. The van der Waals surface area contributed by atoms with Crippen molar-refractivity contribution >= 4 is 0 Å². The lowest BCUT2D eigenvalue weighted by atomic mass is 10.3. The lowest BCUT2D eigenvalue weighted by Gasteiger charge is -2.11. The molecule has 0 fully saturated rings. The number of likely N-dealkylation sites (N-methyl/N-ethyl adjacent to an activating group) is 1. The molecular formula is C6H13NO. The Morgan fingerprint density at radius 1 is 1.75 bits per heavy atom. The maximum Gasteiger partial charge on any atom is 0.0845 e. The second-order valence-corrected chi connectivity index (χ2v) is 2.07. The Morgan fingerprint density at radius 2 is 2.25 bits per heavy atom. The van der Waals surface area contributed by atoms with Crippen LogP contribution in [0.15, 0.2) is 12.7 Å². The smallest absolute Gasteiger partial charge is 0.0845 e. The van der Waals surface area contributed by atoms with Crippen molar-refractivity contribution in [2.24, 2.45) is 0 Å². The molecule has 2 heteroatoms. The summed E-state index contributed by atoms with van der Waals surface area (Å²) in [4.78, 5) is 1.91. The molecule has 1 N–H and O–H groups in total. The molecule has 0 rings (SSSR count). The summed E-state index contributed by atoms with van der Waals surface area (Å²) in [6, 6.07) is 0. The van der Waals surface area contributed by atoms with Crippen LogP contribution in [0.4, 0.5) is 0 Å². The van der Waals surface area contributed by atoms with E-state index in [0.29, 0.717) is 6.54 Å². The number of aliphatic hydroxyl groups excluding tert-OH is 1. The quantitative estimate of drug-likeness (QED) is 0.527. The van der Waals surface area contributed by atoms with Gasteiger partial charge in [0.05, 0.1) is 6.10 Å². The largest absolute Gasteiger partial charge is 0.388 e. The van der Waals surface area contributed by atoms with Crippen molar-refractivity contribution in [1.82, 2.24) is 4.90 Å². The highest BCUT2D eigenvalue weighted by molar-refractivity contribution is 4.79. The molecule has 0 amide bonds. The molecule has 0 aliphatic heterocycles. The van der Waals surface area contributed by atoms with Crippen LogP contribution in [-0.2, 0) is 0 Å². The van der Waals surface area contributed by atoms with E-state index in [9.17, 15) is 0 Å². The van der Waals surface area contributed by atoms with Crippen LogP contribution in [0.1, 0.15) is 0 Å². The van der Waals surface area contributed by atoms with Crippen LogP contribution in [0.25, 0.3) is 0 Å². The van der Waals surface area contributed by atoms with Gasteiger partial charge in [-0.25, -0.2) is 0 Å². The van der Waals surface area contributed by atoms with E-state index in [1.807, 2.05) is 19.0 Å². The molecule has 0 unspecified atom stereocenters. The van der Waals surface area contributed by atoms with Gasteiger partial charge in [-0.1, -0.05) is 6.08 Å². The Hall–Kier alpha value is -0.340. The maximum absolute atomic E-state index is 8.87. The minimum Gasteiger partial charge on any atom is -0.388 e. The first-order valence-electron chi connectivity index (χ1n) is 2.62. The summed E-state index contributed by atoms with van der Waals surface area (Å²) in [5.41, 5.74) is 0. The summed E-state index contributed by atoms with van der Waals surface area (Å²) in [6.45, 7) is 4.09. The first-order chi connectivity index (χ1) is 3.66. The molecule has 0 aromatic carbocycles. The molecular weight excluding hydrogens is 102 g/mol. The number of hydrogen-bond acceptors (Lipinski definition) is 2. The van der Waals surface area contributed by atoms with Gasteiger partial charge in [-0.05, 0) is 14.1 Å². The normalized spacial score (nSPS) is 14.0. The van der Waals surface area contributed by atoms with Crippen molar-refractivity contribution in [2.75, 3.05) is 20.6 Å². The van der Waals surface area contributed by atoms with Gasteiger partial charge < -0.3 is 10.0 Å². The highest BCUT2D eigenvalue weighted by atomic mass is 16.3. The van der Waals surface area contributed by atoms with E-state index in [2.05, 4.69) is 6.58 Å². The van der Waals surface area contributed by atoms with E-state index in [-0.39, 0.29) is 6.10 Å². The fourth-order valence-corrected chi connectivity index (χ4v) is 0.449. The van der Waals surface area contributed by atoms with E-state index in [0.717, 1.165) is 0 Å². The predicted octanol–water partition coefficient (Wildman–Crippen LogP) is 0.0949. The first kappa shape index (κ1) is 7.66. The Balaban J connectivity index is 3.23. The standard InChI is InChI=1S/C6H13NO/c1-4-6(8)5-7(2)3/h4,6,8H,1,5H2,2-3H3/t6-/m1/s1. The van der Waals surface area contributed by atoms with Crippen molar-refractivity contribution in [3.8, 4) is 0 Å². The summed E-state index contributed by atoms with van der Waals surface area (Å²) in [5, 5.41) is 8.87. The van der Waals surface area contributed by atoms with Crippen LogP contribution in [0.2, 0.25) is 0 Å². The fraction of sp³-hybridized carbons (Fsp3) is 0.667. The molecule has 48 valence electrons. The predicted molar refractivity (Wildman–Crippen MR) is 34.8 cm³/mol. The monoisotopic (exact) mass is 115 g/mol. The molecule has 1 atom stereocenters. The molecule has 0 saturated carbocycles. The Labute approximate surface area is 50.4 Å². The zero-order valence-electron chi connectivity index (χ0n) is 5.46. The third-order valence-electron chi connectivity index (χ3n) is 0.824. The zero-order chi connectivity index (χ0) is 6.57. The SMILES string of the molecule is C=C[C@@H](O)CN(C)C. The van der Waals surface area contributed by atoms with Crippen molar-refractivity contribution in [3.63, 3.8) is 0 Å². The minimum absolute atomic E-state index is 0.384. The van der Waals surface area contributed by atoms with Gasteiger partial charge >= 0.3 is 0 Å². The van der Waals surface area contributed by atoms with Gasteiger partial charge in [0.25, 0.3) is 0 Å². The van der Waals surface area contributed by atoms with Gasteiger partial charge in [0, 0.05) is 6.54 Å². The van der Waals surface area contributed by atoms with Gasteiger partial charge in [-0.2, -0.15) is 0 Å². The summed E-state index contributed by atoms with van der Waals surface area (Å²) >= 11 is 0. The van der Waals surface area contributed by atoms with Crippen LogP contribution < -0.4 is 0 Å². The lowest BCUT2D eigenvalue weighted by Crippen LogP contribution is -2.23. The van der Waals surface area contributed by atoms with Gasteiger partial charge in [0.15, 0.2) is 0 Å². The molecule has 8 heavy (non-hydrogen) atoms. The van der Waals surface area contributed by atoms with Crippen LogP contribution in [0.3, 0.4) is 0 Å². The third kappa shape index (κ3) is 3.84. The van der Waals surface area contributed by atoms with Crippen molar-refractivity contribution in [1.29, 1.82) is 0 Å². The van der Waals surface area contributed by atoms with Crippen molar-refractivity contribution in [3.05, 3.63) is 12.7 Å². The molecule has 0 heterocycles. The topological polar surface area (TPSA) is 23.5 Å². The molecule has 0 spiro atoms. The maximum atomic E-state index is 8.87. The zero-order valence-corrected chi connectivity index (χ0v) is 5.46. The van der Waals surface area contributed by atoms with Gasteiger partial charge in [0.1, 0.15) is 0 Å². The number of hydrogen-bond donors (Lipinski definition) is 1. The summed E-state index contributed by atoms with van der Waals surface area (Å²) in [5.74, 6) is 0. The van der Waals surface area contributed by atoms with Gasteiger partial charge in [-0.15, -0.1) is 6.58 Å². The minimum atomic E-state index is -0.384. The highest BCUT2D eigenvalue weighted by Crippen LogP contribution is 1.84. The second-order valence-electron chi connectivity index (χ2n) is 2.07. The highest BCUT2D eigenvalue weighted by Gasteiger charge is 1.96. The molecule has 0 aromatic rings. The van der Waals surface area contributed by atoms with Gasteiger partial charge in [0.2, 0.25) is 0 Å². The molecule has 0 aliphatic carbocycles. The van der Waals surface area contributed by atoms with Crippen molar-refractivity contribution < 1.29 is 5.11 Å². The van der Waals surface area contributed by atoms with Crippen LogP contribution in [0, 0.1) is 0 Å². The Morgan fingerprint density at radius 3 is 2.38 bits per heavy atom. The molecule has 0 aliphatic rings. The third-order valence-corrected chi connectivity index (χ3v) is 0.824. The summed E-state index contributed by atoms with van der Waals surface area (Å²) in [6.07, 6.45) is 1.14. The van der Waals surface area contributed by atoms with E-state index in [1.54, 1.807) is 0 Å². The Bertz CT molecular complexity index is 70.9. The summed E-state index contributed by atoms with van der Waals surface area (Å²) < 4.78 is 0. The van der Waals surface area contributed by atoms with Gasteiger partial charge in [-0.3, -0.25) is 0 Å². The molecule has 0 saturated heterocycles. The van der Waals surface area contributed by atoms with Crippen LogP contribution in [-0.4, -0.2) is 36.8 Å².